The van der Waals surface area contributed by atoms with Crippen LogP contribution in [0.4, 0.5) is 41.0 Å². The molecule has 0 saturated carbocycles. The molecule has 0 saturated heterocycles. The maximum atomic E-state index is 13.3. The third-order valence-corrected chi connectivity index (χ3v) is 9.98. The summed E-state index contributed by atoms with van der Waals surface area (Å²) in [4.78, 5) is 105. The van der Waals surface area contributed by atoms with Gasteiger partial charge in [-0.25, -0.2) is 43.6 Å². The molecule has 13 amide bonds. The molecule has 0 atom stereocenters. The topological polar surface area (TPSA) is 210 Å². The van der Waals surface area contributed by atoms with Crippen LogP contribution >= 0.6 is 0 Å². The minimum Gasteiger partial charge on any atom is -0.338 e. The molecule has 0 aliphatic heterocycles. The van der Waals surface area contributed by atoms with Gasteiger partial charge in [0.25, 0.3) is 0 Å². The smallest absolute Gasteiger partial charge is 0.328 e. The maximum Gasteiger partial charge on any atom is 0.328 e. The molecule has 17 heteroatoms. The van der Waals surface area contributed by atoms with Crippen molar-refractivity contribution < 1.29 is 38.4 Å². The second-order valence-electron chi connectivity index (χ2n) is 15.1. The van der Waals surface area contributed by atoms with Crippen molar-refractivity contribution in [1.82, 2.24) is 31.5 Å². The van der Waals surface area contributed by atoms with Crippen molar-refractivity contribution in [2.75, 3.05) is 54.0 Å². The van der Waals surface area contributed by atoms with Crippen LogP contribution < -0.4 is 41.3 Å². The van der Waals surface area contributed by atoms with Gasteiger partial charge in [0.15, 0.2) is 0 Å². The molecule has 5 N–H and O–H groups in total. The van der Waals surface area contributed by atoms with E-state index in [1.165, 1.54) is 25.7 Å². The predicted molar refractivity (Wildman–Crippen MR) is 248 cm³/mol. The monoisotopic (exact) mass is 883 g/mol. The van der Waals surface area contributed by atoms with Crippen molar-refractivity contribution in [2.24, 2.45) is 0 Å². The first-order valence-corrected chi connectivity index (χ1v) is 22.2. The molecule has 3 aromatic rings. The zero-order chi connectivity index (χ0) is 46.5. The number of nitrogens with zero attached hydrogens (tertiary/aromatic N) is 4. The van der Waals surface area contributed by atoms with Gasteiger partial charge in [-0.1, -0.05) is 93.1 Å². The lowest BCUT2D eigenvalue weighted by Gasteiger charge is -2.22. The van der Waals surface area contributed by atoms with E-state index in [9.17, 15) is 38.4 Å². The Morgan fingerprint density at radius 2 is 0.562 bits per heavy atom. The Morgan fingerprint density at radius 1 is 0.328 bits per heavy atom. The fraction of sp³-hybridized carbons (Fsp3) is 0.447. The normalized spacial score (nSPS) is 10.5. The summed E-state index contributed by atoms with van der Waals surface area (Å²) in [6, 6.07) is 23.6. The molecule has 0 aliphatic carbocycles. The van der Waals surface area contributed by atoms with Gasteiger partial charge in [-0.3, -0.25) is 14.4 Å². The molecule has 346 valence electrons. The zero-order valence-corrected chi connectivity index (χ0v) is 37.4. The number of para-hydroxylation sites is 3. The molecule has 0 radical (unpaired) electrons. The molecule has 0 aliphatic rings. The summed E-state index contributed by atoms with van der Waals surface area (Å²) in [5, 5.41) is 14.1. The van der Waals surface area contributed by atoms with Crippen LogP contribution in [0, 0.1) is 0 Å². The summed E-state index contributed by atoms with van der Waals surface area (Å²) in [5.74, 6) is -1.17. The number of anilines is 3. The van der Waals surface area contributed by atoms with Gasteiger partial charge in [0.05, 0.1) is 17.1 Å². The Hall–Kier alpha value is -6.78. The third kappa shape index (κ3) is 18.7. The lowest BCUT2D eigenvalue weighted by molar-refractivity contribution is -0.116. The zero-order valence-electron chi connectivity index (χ0n) is 37.4. The summed E-state index contributed by atoms with van der Waals surface area (Å²) >= 11 is 0. The molecule has 0 fully saturated rings. The highest BCUT2D eigenvalue weighted by atomic mass is 16.2. The molecule has 3 aromatic carbocycles. The van der Waals surface area contributed by atoms with Gasteiger partial charge in [-0.2, -0.15) is 0 Å². The van der Waals surface area contributed by atoms with E-state index in [0.717, 1.165) is 46.8 Å². The van der Waals surface area contributed by atoms with Gasteiger partial charge >= 0.3 is 30.2 Å². The van der Waals surface area contributed by atoms with Gasteiger partial charge < -0.3 is 26.6 Å². The number of rotatable bonds is 24. The highest BCUT2D eigenvalue weighted by molar-refractivity contribution is 6.14. The summed E-state index contributed by atoms with van der Waals surface area (Å²) < 4.78 is 0. The van der Waals surface area contributed by atoms with Gasteiger partial charge in [-0.15, -0.1) is 0 Å². The van der Waals surface area contributed by atoms with E-state index >= 15 is 0 Å². The van der Waals surface area contributed by atoms with E-state index in [2.05, 4.69) is 26.6 Å². The molecule has 64 heavy (non-hydrogen) atoms. The Morgan fingerprint density at radius 3 is 0.812 bits per heavy atom. The summed E-state index contributed by atoms with van der Waals surface area (Å²) in [5.41, 5.74) is 1.47. The lowest BCUT2D eigenvalue weighted by Crippen LogP contribution is -2.49. The summed E-state index contributed by atoms with van der Waals surface area (Å²) in [6.07, 6.45) is 8.40. The van der Waals surface area contributed by atoms with Crippen molar-refractivity contribution in [3.8, 4) is 0 Å². The van der Waals surface area contributed by atoms with Crippen molar-refractivity contribution in [2.45, 2.75) is 97.8 Å². The number of unbranched alkanes of at least 4 members (excludes halogenated alkanes) is 9. The van der Waals surface area contributed by atoms with Crippen molar-refractivity contribution in [3.63, 3.8) is 0 Å². The number of urea groups is 5. The van der Waals surface area contributed by atoms with E-state index in [-0.39, 0.29) is 18.4 Å². The molecule has 0 unspecified atom stereocenters. The molecule has 0 heterocycles. The minimum absolute atomic E-state index is 0.191. The second kappa shape index (κ2) is 29.5. The van der Waals surface area contributed by atoms with Gasteiger partial charge in [0.1, 0.15) is 0 Å². The number of imide groups is 4. The average molecular weight is 884 g/mol. The Kier molecular flexibility index (Phi) is 23.8. The number of benzene rings is 3. The fourth-order valence-corrected chi connectivity index (χ4v) is 6.71. The van der Waals surface area contributed by atoms with E-state index in [1.54, 1.807) is 91.0 Å². The standard InChI is InChI=1S/C47H65N9O8/c1-37(57)54(40-25-13-10-14-26-40)45(62)50-33-21-6-4-19-31-48-43(60)53(36-24-9-8-23-35-52-47(64)56(39(3)59)42-29-17-12-18-30-42)44(61)49-32-20-5-7-22-34-51-46(63)55(38(2)58)41-27-15-11-16-28-41/h10-18,25-30H,4-9,19-24,31-36H2,1-3H3,(H,48,60)(H,49,61)(H,50,62)(H,51,63)(H,52,64). The van der Waals surface area contributed by atoms with E-state index < -0.39 is 36.1 Å². The highest BCUT2D eigenvalue weighted by Crippen LogP contribution is 2.16. The predicted octanol–water partition coefficient (Wildman–Crippen LogP) is 7.68. The van der Waals surface area contributed by atoms with E-state index in [0.29, 0.717) is 94.7 Å². The van der Waals surface area contributed by atoms with Crippen LogP contribution in [-0.2, 0) is 14.4 Å². The third-order valence-electron chi connectivity index (χ3n) is 9.98. The first kappa shape index (κ1) is 51.6. The molecular weight excluding hydrogens is 819 g/mol. The van der Waals surface area contributed by atoms with Crippen LogP contribution in [0.1, 0.15) is 97.8 Å². The molecule has 0 bridgehead atoms. The van der Waals surface area contributed by atoms with Crippen LogP contribution in [0.3, 0.4) is 0 Å². The van der Waals surface area contributed by atoms with Crippen molar-refractivity contribution in [3.05, 3.63) is 91.0 Å². The van der Waals surface area contributed by atoms with E-state index in [4.69, 9.17) is 0 Å². The fourth-order valence-electron chi connectivity index (χ4n) is 6.71. The molecule has 0 aromatic heterocycles. The van der Waals surface area contributed by atoms with Crippen LogP contribution in [0.25, 0.3) is 0 Å². The lowest BCUT2D eigenvalue weighted by atomic mass is 10.2. The first-order valence-electron chi connectivity index (χ1n) is 22.2. The average Bonchev–Trinajstić information content (AvgIpc) is 3.27. The van der Waals surface area contributed by atoms with Crippen LogP contribution in [0.5, 0.6) is 0 Å². The first-order chi connectivity index (χ1) is 30.9. The molecule has 3 rings (SSSR count). The number of amides is 13. The Labute approximate surface area is 376 Å². The van der Waals surface area contributed by atoms with Crippen molar-refractivity contribution >= 4 is 64.9 Å². The highest BCUT2D eigenvalue weighted by Gasteiger charge is 2.23. The Balaban J connectivity index is 1.39. The SMILES string of the molecule is CC(=O)N(C(=O)NCCCCCCNC(=O)N(CCCCCCNC(=O)N(C(C)=O)c1ccccc1)C(=O)NCCCCCCNC(=O)N(C(C)=O)c1ccccc1)c1ccccc1. The number of hydrogen-bond donors (Lipinski definition) is 5. The van der Waals surface area contributed by atoms with Crippen LogP contribution in [0.2, 0.25) is 0 Å². The number of carbonyl (C=O) groups is 8. The Bertz CT molecular complexity index is 1840. The number of hydrogen-bond acceptors (Lipinski definition) is 8. The van der Waals surface area contributed by atoms with E-state index in [1.807, 2.05) is 0 Å². The molecular formula is C47H65N9O8. The van der Waals surface area contributed by atoms with Crippen LogP contribution in [0.15, 0.2) is 91.0 Å². The summed E-state index contributed by atoms with van der Waals surface area (Å²) in [6.45, 7) is 6.03. The van der Waals surface area contributed by atoms with Crippen molar-refractivity contribution in [1.29, 1.82) is 0 Å². The minimum atomic E-state index is -0.503. The quantitative estimate of drug-likeness (QED) is 0.0562. The molecule has 0 spiro atoms. The maximum absolute atomic E-state index is 13.3. The van der Waals surface area contributed by atoms with Crippen LogP contribution in [-0.4, -0.2) is 92.0 Å². The number of carbonyl (C=O) groups excluding carboxylic acids is 8. The van der Waals surface area contributed by atoms with Gasteiger partial charge in [0, 0.05) is 60.0 Å². The van der Waals surface area contributed by atoms with Gasteiger partial charge in [0.2, 0.25) is 17.7 Å². The largest absolute Gasteiger partial charge is 0.338 e. The summed E-state index contributed by atoms with van der Waals surface area (Å²) in [7, 11) is 0. The second-order valence-corrected chi connectivity index (χ2v) is 15.1. The number of nitrogens with one attached hydrogen (secondary N) is 5. The molecule has 17 nitrogen and oxygen atoms in total. The van der Waals surface area contributed by atoms with Gasteiger partial charge in [-0.05, 0) is 74.9 Å².